The molecule has 1 aromatic carbocycles. The molecule has 0 aliphatic carbocycles. The first-order valence-electron chi connectivity index (χ1n) is 11.1. The van der Waals surface area contributed by atoms with Gasteiger partial charge in [0.2, 0.25) is 5.95 Å². The first kappa shape index (κ1) is 20.1. The third kappa shape index (κ3) is 5.25. The summed E-state index contributed by atoms with van der Waals surface area (Å²) >= 11 is 0. The smallest absolute Gasteiger partial charge is 0.228 e. The van der Waals surface area contributed by atoms with E-state index in [9.17, 15) is 0 Å². The number of hydrogen-bond donors (Lipinski definition) is 1. The molecule has 2 fully saturated rings. The highest BCUT2D eigenvalue weighted by atomic mass is 16.5. The summed E-state index contributed by atoms with van der Waals surface area (Å²) < 4.78 is 5.44. The molecule has 0 spiro atoms. The Kier molecular flexibility index (Phi) is 6.96. The number of hydrogen-bond acceptors (Lipinski definition) is 6. The second-order valence-corrected chi connectivity index (χ2v) is 7.94. The molecule has 1 atom stereocenters. The average Bonchev–Trinajstić information content (AvgIpc) is 2.80. The molecular weight excluding hydrogens is 362 g/mol. The summed E-state index contributed by atoms with van der Waals surface area (Å²) in [5, 5.41) is 3.55. The molecule has 4 rings (SSSR count). The van der Waals surface area contributed by atoms with E-state index in [1.165, 1.54) is 19.3 Å². The summed E-state index contributed by atoms with van der Waals surface area (Å²) in [5.41, 5.74) is 2.13. The molecule has 0 bridgehead atoms. The average molecular weight is 396 g/mol. The maximum atomic E-state index is 5.44. The zero-order chi connectivity index (χ0) is 19.9. The Hall–Kier alpha value is -2.18. The first-order chi connectivity index (χ1) is 14.3. The van der Waals surface area contributed by atoms with Crippen molar-refractivity contribution in [2.75, 3.05) is 56.2 Å². The fourth-order valence-corrected chi connectivity index (χ4v) is 4.27. The number of rotatable bonds is 7. The zero-order valence-electron chi connectivity index (χ0n) is 17.5. The van der Waals surface area contributed by atoms with Crippen molar-refractivity contribution in [1.82, 2.24) is 14.9 Å². The van der Waals surface area contributed by atoms with Gasteiger partial charge in [-0.15, -0.1) is 0 Å². The lowest BCUT2D eigenvalue weighted by atomic mass is 10.0. The first-order valence-corrected chi connectivity index (χ1v) is 11.1. The predicted molar refractivity (Wildman–Crippen MR) is 118 cm³/mol. The second-order valence-electron chi connectivity index (χ2n) is 7.94. The van der Waals surface area contributed by atoms with E-state index in [4.69, 9.17) is 14.7 Å². The lowest BCUT2D eigenvalue weighted by Crippen LogP contribution is -2.40. The standard InChI is InChI=1S/C23H33N5O/c1-2-20-10-6-7-12-28(20)23-25-21(19-8-4-3-5-9-19)18-22(26-23)24-11-13-27-14-16-29-17-15-27/h3-5,8-9,18,20H,2,6-7,10-17H2,1H3,(H,24,25,26). The van der Waals surface area contributed by atoms with Crippen molar-refractivity contribution in [2.45, 2.75) is 38.6 Å². The summed E-state index contributed by atoms with van der Waals surface area (Å²) in [5.74, 6) is 1.79. The highest BCUT2D eigenvalue weighted by Gasteiger charge is 2.24. The summed E-state index contributed by atoms with van der Waals surface area (Å²) in [6.45, 7) is 8.89. The predicted octanol–water partition coefficient (Wildman–Crippen LogP) is 3.66. The Morgan fingerprint density at radius 3 is 2.69 bits per heavy atom. The van der Waals surface area contributed by atoms with Gasteiger partial charge in [0, 0.05) is 50.4 Å². The minimum atomic E-state index is 0.538. The summed E-state index contributed by atoms with van der Waals surface area (Å²) in [6, 6.07) is 13.1. The van der Waals surface area contributed by atoms with Gasteiger partial charge in [-0.1, -0.05) is 37.3 Å². The number of nitrogens with one attached hydrogen (secondary N) is 1. The Bertz CT molecular complexity index is 763. The molecule has 2 saturated heterocycles. The Morgan fingerprint density at radius 2 is 1.90 bits per heavy atom. The Morgan fingerprint density at radius 1 is 1.07 bits per heavy atom. The van der Waals surface area contributed by atoms with Crippen LogP contribution in [-0.4, -0.2) is 66.8 Å². The van der Waals surface area contributed by atoms with Crippen molar-refractivity contribution >= 4 is 11.8 Å². The lowest BCUT2D eigenvalue weighted by molar-refractivity contribution is 0.0398. The van der Waals surface area contributed by atoms with Gasteiger partial charge < -0.3 is 15.0 Å². The third-order valence-electron chi connectivity index (χ3n) is 5.98. The van der Waals surface area contributed by atoms with Crippen molar-refractivity contribution in [3.8, 4) is 11.3 Å². The van der Waals surface area contributed by atoms with Gasteiger partial charge in [0.1, 0.15) is 5.82 Å². The van der Waals surface area contributed by atoms with Gasteiger partial charge in [-0.3, -0.25) is 4.90 Å². The highest BCUT2D eigenvalue weighted by molar-refractivity contribution is 5.64. The summed E-state index contributed by atoms with van der Waals surface area (Å²) in [6.07, 6.45) is 4.89. The SMILES string of the molecule is CCC1CCCCN1c1nc(NCCN2CCOCC2)cc(-c2ccccc2)n1. The van der Waals surface area contributed by atoms with Crippen LogP contribution in [-0.2, 0) is 4.74 Å². The molecule has 2 aliphatic heterocycles. The van der Waals surface area contributed by atoms with Crippen LogP contribution in [0.3, 0.4) is 0 Å². The van der Waals surface area contributed by atoms with Gasteiger partial charge in [0.15, 0.2) is 0 Å². The topological polar surface area (TPSA) is 53.5 Å². The molecule has 3 heterocycles. The molecule has 1 N–H and O–H groups in total. The Balaban J connectivity index is 1.54. The molecule has 29 heavy (non-hydrogen) atoms. The lowest BCUT2D eigenvalue weighted by Gasteiger charge is -2.35. The van der Waals surface area contributed by atoms with E-state index in [-0.39, 0.29) is 0 Å². The van der Waals surface area contributed by atoms with E-state index in [1.807, 2.05) is 6.07 Å². The van der Waals surface area contributed by atoms with Crippen LogP contribution < -0.4 is 10.2 Å². The maximum Gasteiger partial charge on any atom is 0.228 e. The van der Waals surface area contributed by atoms with Crippen LogP contribution in [0.15, 0.2) is 36.4 Å². The maximum absolute atomic E-state index is 5.44. The monoisotopic (exact) mass is 395 g/mol. The second kappa shape index (κ2) is 10.0. The molecule has 6 heteroatoms. The Labute approximate surface area is 174 Å². The quantitative estimate of drug-likeness (QED) is 0.772. The zero-order valence-corrected chi connectivity index (χ0v) is 17.5. The van der Waals surface area contributed by atoms with Gasteiger partial charge in [0.05, 0.1) is 18.9 Å². The molecule has 1 unspecified atom stereocenters. The van der Waals surface area contributed by atoms with E-state index in [0.29, 0.717) is 6.04 Å². The molecule has 156 valence electrons. The normalized spacial score (nSPS) is 20.6. The van der Waals surface area contributed by atoms with Gasteiger partial charge in [-0.25, -0.2) is 4.98 Å². The van der Waals surface area contributed by atoms with E-state index in [1.54, 1.807) is 0 Å². The summed E-state index contributed by atoms with van der Waals surface area (Å²) in [7, 11) is 0. The molecule has 0 radical (unpaired) electrons. The van der Waals surface area contributed by atoms with Crippen LogP contribution in [0.2, 0.25) is 0 Å². The molecule has 6 nitrogen and oxygen atoms in total. The number of morpholine rings is 1. The van der Waals surface area contributed by atoms with E-state index < -0.39 is 0 Å². The number of aromatic nitrogens is 2. The minimum Gasteiger partial charge on any atom is -0.379 e. The van der Waals surface area contributed by atoms with Gasteiger partial charge in [-0.05, 0) is 25.7 Å². The van der Waals surface area contributed by atoms with E-state index in [2.05, 4.69) is 52.4 Å². The largest absolute Gasteiger partial charge is 0.379 e. The number of ether oxygens (including phenoxy) is 1. The van der Waals surface area contributed by atoms with Crippen LogP contribution in [0.1, 0.15) is 32.6 Å². The van der Waals surface area contributed by atoms with Crippen LogP contribution in [0.25, 0.3) is 11.3 Å². The number of nitrogens with zero attached hydrogens (tertiary/aromatic N) is 4. The van der Waals surface area contributed by atoms with Crippen molar-refractivity contribution in [1.29, 1.82) is 0 Å². The van der Waals surface area contributed by atoms with Crippen LogP contribution in [0.5, 0.6) is 0 Å². The van der Waals surface area contributed by atoms with Gasteiger partial charge in [-0.2, -0.15) is 4.98 Å². The van der Waals surface area contributed by atoms with Crippen molar-refractivity contribution in [2.24, 2.45) is 0 Å². The minimum absolute atomic E-state index is 0.538. The van der Waals surface area contributed by atoms with E-state index in [0.717, 1.165) is 75.4 Å². The van der Waals surface area contributed by atoms with E-state index >= 15 is 0 Å². The number of anilines is 2. The van der Waals surface area contributed by atoms with Crippen molar-refractivity contribution in [3.63, 3.8) is 0 Å². The van der Waals surface area contributed by atoms with Crippen LogP contribution in [0.4, 0.5) is 11.8 Å². The summed E-state index contributed by atoms with van der Waals surface area (Å²) in [4.78, 5) is 14.8. The molecular formula is C23H33N5O. The molecule has 2 aromatic rings. The molecule has 2 aliphatic rings. The fraction of sp³-hybridized carbons (Fsp3) is 0.565. The molecule has 1 aromatic heterocycles. The number of piperidine rings is 1. The molecule has 0 amide bonds. The van der Waals surface area contributed by atoms with Gasteiger partial charge in [0.25, 0.3) is 0 Å². The fourth-order valence-electron chi connectivity index (χ4n) is 4.27. The number of benzene rings is 1. The van der Waals surface area contributed by atoms with Gasteiger partial charge >= 0.3 is 0 Å². The highest BCUT2D eigenvalue weighted by Crippen LogP contribution is 2.28. The van der Waals surface area contributed by atoms with Crippen molar-refractivity contribution in [3.05, 3.63) is 36.4 Å². The molecule has 0 saturated carbocycles. The van der Waals surface area contributed by atoms with Crippen molar-refractivity contribution < 1.29 is 4.74 Å². The van der Waals surface area contributed by atoms with Crippen LogP contribution >= 0.6 is 0 Å². The third-order valence-corrected chi connectivity index (χ3v) is 5.98. The van der Waals surface area contributed by atoms with Crippen LogP contribution in [0, 0.1) is 0 Å².